The third kappa shape index (κ3) is 4.71. The Bertz CT molecular complexity index is 1060. The Morgan fingerprint density at radius 3 is 2.50 bits per heavy atom. The van der Waals surface area contributed by atoms with Gasteiger partial charge in [0.05, 0.1) is 0 Å². The Labute approximate surface area is 180 Å². The van der Waals surface area contributed by atoms with Crippen molar-refractivity contribution in [2.75, 3.05) is 31.1 Å². The minimum absolute atomic E-state index is 0.0153. The number of anilines is 1. The van der Waals surface area contributed by atoms with E-state index in [-0.39, 0.29) is 23.9 Å². The van der Waals surface area contributed by atoms with Gasteiger partial charge in [0, 0.05) is 31.9 Å². The van der Waals surface area contributed by atoms with Crippen molar-refractivity contribution in [1.29, 1.82) is 0 Å². The molecule has 1 fully saturated rings. The molecule has 3 aromatic rings. The summed E-state index contributed by atoms with van der Waals surface area (Å²) in [7, 11) is 0. The molecule has 8 heteroatoms. The largest absolute Gasteiger partial charge is 0.484 e. The monoisotopic (exact) mass is 424 g/mol. The molecule has 0 unspecified atom stereocenters. The number of piperazine rings is 1. The van der Waals surface area contributed by atoms with Crippen molar-refractivity contribution in [3.63, 3.8) is 0 Å². The van der Waals surface area contributed by atoms with Gasteiger partial charge in [0.25, 0.3) is 10.7 Å². The number of hydrogen-bond acceptors (Lipinski definition) is 6. The predicted octanol–water partition coefficient (Wildman–Crippen LogP) is 3.44. The molecule has 2 aromatic carbocycles. The molecule has 4 rings (SSSR count). The molecule has 7 nitrogen and oxygen atoms in total. The fraction of sp³-hybridized carbons (Fsp3) is 0.318. The zero-order valence-corrected chi connectivity index (χ0v) is 17.7. The number of rotatable bonds is 6. The molecule has 0 saturated carbocycles. The van der Waals surface area contributed by atoms with Gasteiger partial charge in [-0.2, -0.15) is 0 Å². The van der Waals surface area contributed by atoms with Crippen LogP contribution in [0.3, 0.4) is 0 Å². The van der Waals surface area contributed by atoms with Gasteiger partial charge in [-0.15, -0.1) is 5.10 Å². The van der Waals surface area contributed by atoms with Crippen LogP contribution in [0.4, 0.5) is 5.69 Å². The molecule has 1 aliphatic heterocycles. The van der Waals surface area contributed by atoms with Crippen LogP contribution in [0.1, 0.15) is 11.5 Å². The predicted molar refractivity (Wildman–Crippen MR) is 116 cm³/mol. The second-order valence-electron chi connectivity index (χ2n) is 7.18. The molecule has 0 N–H and O–H groups in total. The Morgan fingerprint density at radius 2 is 1.77 bits per heavy atom. The first-order valence-corrected chi connectivity index (χ1v) is 10.3. The number of carbonyl (C=O) groups excluding carboxylic acids is 1. The van der Waals surface area contributed by atoms with E-state index in [4.69, 9.17) is 21.4 Å². The van der Waals surface area contributed by atoms with Crippen LogP contribution in [0.2, 0.25) is 0 Å². The smallest absolute Gasteiger partial charge is 0.287 e. The molecular formula is C22H24N4O3S. The van der Waals surface area contributed by atoms with E-state index >= 15 is 0 Å². The van der Waals surface area contributed by atoms with Gasteiger partial charge in [0.2, 0.25) is 5.91 Å². The topological polar surface area (TPSA) is 63.7 Å². The lowest BCUT2D eigenvalue weighted by molar-refractivity contribution is -0.132. The summed E-state index contributed by atoms with van der Waals surface area (Å²) in [4.78, 5) is 17.0. The first kappa shape index (κ1) is 20.2. The molecule has 1 amide bonds. The SMILES string of the molecule is Cc1ccccc1OCc1nn(CC(=O)N2CCN(c3ccccc3)CC2)c(=S)o1. The number of aryl methyl sites for hydroxylation is 1. The van der Waals surface area contributed by atoms with E-state index in [2.05, 4.69) is 22.1 Å². The zero-order chi connectivity index (χ0) is 20.9. The quantitative estimate of drug-likeness (QED) is 0.565. The average Bonchev–Trinajstić information content (AvgIpc) is 3.13. The second kappa shape index (κ2) is 9.13. The number of ether oxygens (including phenoxy) is 1. The number of nitrogens with zero attached hydrogens (tertiary/aromatic N) is 4. The first-order valence-electron chi connectivity index (χ1n) is 9.93. The number of carbonyl (C=O) groups is 1. The fourth-order valence-electron chi connectivity index (χ4n) is 3.45. The first-order chi connectivity index (χ1) is 14.6. The zero-order valence-electron chi connectivity index (χ0n) is 16.9. The van der Waals surface area contributed by atoms with Gasteiger partial charge < -0.3 is 19.0 Å². The van der Waals surface area contributed by atoms with E-state index in [1.807, 2.05) is 54.3 Å². The summed E-state index contributed by atoms with van der Waals surface area (Å²) in [5.41, 5.74) is 2.21. The number of hydrogen-bond donors (Lipinski definition) is 0. The molecule has 0 atom stereocenters. The fourth-order valence-corrected chi connectivity index (χ4v) is 3.65. The van der Waals surface area contributed by atoms with Crippen LogP contribution >= 0.6 is 12.2 Å². The highest BCUT2D eigenvalue weighted by atomic mass is 32.1. The average molecular weight is 425 g/mol. The normalized spacial score (nSPS) is 14.0. The maximum absolute atomic E-state index is 12.7. The molecule has 0 bridgehead atoms. The lowest BCUT2D eigenvalue weighted by atomic mass is 10.2. The van der Waals surface area contributed by atoms with Crippen molar-refractivity contribution in [3.8, 4) is 5.75 Å². The molecule has 1 aromatic heterocycles. The molecule has 30 heavy (non-hydrogen) atoms. The second-order valence-corrected chi connectivity index (χ2v) is 7.53. The number of aromatic nitrogens is 2. The van der Waals surface area contributed by atoms with Gasteiger partial charge in [-0.1, -0.05) is 36.4 Å². The van der Waals surface area contributed by atoms with Crippen LogP contribution in [-0.2, 0) is 17.9 Å². The van der Waals surface area contributed by atoms with Crippen molar-refractivity contribution in [3.05, 3.63) is 70.9 Å². The van der Waals surface area contributed by atoms with E-state index in [1.54, 1.807) is 0 Å². The summed E-state index contributed by atoms with van der Waals surface area (Å²) in [6.45, 7) is 5.14. The van der Waals surface area contributed by atoms with Gasteiger partial charge in [0.15, 0.2) is 6.61 Å². The van der Waals surface area contributed by atoms with E-state index in [0.717, 1.165) is 24.4 Å². The summed E-state index contributed by atoms with van der Waals surface area (Å²) in [5, 5.41) is 4.31. The van der Waals surface area contributed by atoms with Crippen LogP contribution in [0.25, 0.3) is 0 Å². The van der Waals surface area contributed by atoms with Crippen LogP contribution in [0.15, 0.2) is 59.0 Å². The van der Waals surface area contributed by atoms with E-state index in [0.29, 0.717) is 19.0 Å². The summed E-state index contributed by atoms with van der Waals surface area (Å²) in [6, 6.07) is 18.0. The highest BCUT2D eigenvalue weighted by Gasteiger charge is 2.22. The number of amides is 1. The van der Waals surface area contributed by atoms with E-state index < -0.39 is 0 Å². The van der Waals surface area contributed by atoms with Crippen LogP contribution in [-0.4, -0.2) is 46.8 Å². The van der Waals surface area contributed by atoms with Crippen molar-refractivity contribution >= 4 is 23.8 Å². The summed E-state index contributed by atoms with van der Waals surface area (Å²) < 4.78 is 12.7. The Morgan fingerprint density at radius 1 is 1.07 bits per heavy atom. The minimum Gasteiger partial charge on any atom is -0.484 e. The lowest BCUT2D eigenvalue weighted by Gasteiger charge is -2.36. The number of benzene rings is 2. The van der Waals surface area contributed by atoms with E-state index in [9.17, 15) is 4.79 Å². The van der Waals surface area contributed by atoms with Crippen molar-refractivity contribution in [2.45, 2.75) is 20.1 Å². The molecule has 0 radical (unpaired) electrons. The highest BCUT2D eigenvalue weighted by molar-refractivity contribution is 7.71. The van der Waals surface area contributed by atoms with Gasteiger partial charge >= 0.3 is 0 Å². The molecular weight excluding hydrogens is 400 g/mol. The van der Waals surface area contributed by atoms with Crippen LogP contribution in [0, 0.1) is 11.8 Å². The molecule has 1 saturated heterocycles. The number of para-hydroxylation sites is 2. The Kier molecular flexibility index (Phi) is 6.13. The molecule has 0 aliphatic carbocycles. The van der Waals surface area contributed by atoms with Gasteiger partial charge in [-0.25, -0.2) is 4.68 Å². The van der Waals surface area contributed by atoms with Crippen LogP contribution in [0.5, 0.6) is 5.75 Å². The maximum Gasteiger partial charge on any atom is 0.287 e. The molecule has 0 spiro atoms. The van der Waals surface area contributed by atoms with E-state index in [1.165, 1.54) is 10.4 Å². The summed E-state index contributed by atoms with van der Waals surface area (Å²) >= 11 is 5.23. The van der Waals surface area contributed by atoms with Crippen molar-refractivity contribution in [1.82, 2.24) is 14.7 Å². The molecule has 156 valence electrons. The molecule has 2 heterocycles. The van der Waals surface area contributed by atoms with Gasteiger partial charge in [-0.05, 0) is 42.9 Å². The lowest BCUT2D eigenvalue weighted by Crippen LogP contribution is -2.49. The highest BCUT2D eigenvalue weighted by Crippen LogP contribution is 2.18. The maximum atomic E-state index is 12.7. The summed E-state index contributed by atoms with van der Waals surface area (Å²) in [5.74, 6) is 1.10. The standard InChI is InChI=1S/C22H24N4O3S/c1-17-7-5-6-10-19(17)28-16-20-23-26(22(30)29-20)15-21(27)25-13-11-24(12-14-25)18-8-3-2-4-9-18/h2-10H,11-16H2,1H3. The van der Waals surface area contributed by atoms with Crippen molar-refractivity contribution < 1.29 is 13.9 Å². The molecule has 1 aliphatic rings. The third-order valence-electron chi connectivity index (χ3n) is 5.13. The Hall–Kier alpha value is -3.13. The van der Waals surface area contributed by atoms with Gasteiger partial charge in [0.1, 0.15) is 12.3 Å². The third-order valence-corrected chi connectivity index (χ3v) is 5.43. The Balaban J connectivity index is 1.32. The summed E-state index contributed by atoms with van der Waals surface area (Å²) in [6.07, 6.45) is 0. The van der Waals surface area contributed by atoms with Crippen LogP contribution < -0.4 is 9.64 Å². The van der Waals surface area contributed by atoms with Gasteiger partial charge in [-0.3, -0.25) is 4.79 Å². The van der Waals surface area contributed by atoms with Crippen molar-refractivity contribution in [2.24, 2.45) is 0 Å². The minimum atomic E-state index is -0.0153.